The van der Waals surface area contributed by atoms with Crippen LogP contribution in [0.1, 0.15) is 32.0 Å². The number of carbonyl (C=O) groups is 1. The number of hydrogen-bond acceptors (Lipinski definition) is 10. The highest BCUT2D eigenvalue weighted by Gasteiger charge is 2.24. The van der Waals surface area contributed by atoms with Crippen molar-refractivity contribution in [2.24, 2.45) is 0 Å². The normalized spacial score (nSPS) is 11.0. The summed E-state index contributed by atoms with van der Waals surface area (Å²) in [5.74, 6) is 0.173. The predicted molar refractivity (Wildman–Crippen MR) is 163 cm³/mol. The highest BCUT2D eigenvalue weighted by atomic mass is 35.5. The van der Waals surface area contributed by atoms with E-state index in [1.807, 2.05) is 45.9 Å². The van der Waals surface area contributed by atoms with Crippen molar-refractivity contribution >= 4 is 33.9 Å². The van der Waals surface area contributed by atoms with Gasteiger partial charge in [-0.25, -0.2) is 13.4 Å². The van der Waals surface area contributed by atoms with E-state index in [0.717, 1.165) is 17.6 Å². The summed E-state index contributed by atoms with van der Waals surface area (Å²) < 4.78 is 50.1. The number of aromatic nitrogens is 3. The number of anilines is 1. The maximum Gasteiger partial charge on any atom is 0.293 e. The first-order valence-electron chi connectivity index (χ1n) is 13.0. The van der Waals surface area contributed by atoms with Gasteiger partial charge in [0.2, 0.25) is 5.75 Å². The van der Waals surface area contributed by atoms with Gasteiger partial charge in [0.25, 0.3) is 22.4 Å². The molecule has 0 spiro atoms. The van der Waals surface area contributed by atoms with E-state index in [0.29, 0.717) is 5.75 Å². The van der Waals surface area contributed by atoms with E-state index in [-0.39, 0.29) is 58.2 Å². The lowest BCUT2D eigenvalue weighted by atomic mass is 9.87. The minimum Gasteiger partial charge on any atom is -0.497 e. The molecule has 1 N–H and O–H groups in total. The monoisotopic (exact) mass is 628 g/mol. The van der Waals surface area contributed by atoms with Crippen LogP contribution in [0.15, 0.2) is 78.1 Å². The number of ether oxygens (including phenoxy) is 4. The second-order valence-corrected chi connectivity index (χ2v) is 12.0. The second-order valence-electron chi connectivity index (χ2n) is 9.92. The molecule has 0 atom stereocenters. The summed E-state index contributed by atoms with van der Waals surface area (Å²) in [7, 11) is -2.59. The standard InChI is InChI=1S/C24H26ClN3O7S.C6H7N/c1-24(2,3)16-5-8-18(9-6-16)36(30,31)28-22-21(23(27-14-26-22)34-12-11-33-15-29)35-20-13-17(32-4)7-10-19(20)25;1-6-4-2-3-5-7-6/h5-10,13-15H,11-12H2,1-4H3,(H,26,27,28);2-5H,1H3. The Morgan fingerprint density at radius 3 is 2.30 bits per heavy atom. The molecule has 0 aliphatic rings. The number of nitrogens with zero attached hydrogens (tertiary/aromatic N) is 3. The zero-order valence-electron chi connectivity index (χ0n) is 24.4. The quantitative estimate of drug-likeness (QED) is 0.156. The number of pyridine rings is 1. The molecule has 0 unspecified atom stereocenters. The molecule has 0 aliphatic heterocycles. The van der Waals surface area contributed by atoms with Gasteiger partial charge in [0.05, 0.1) is 17.0 Å². The van der Waals surface area contributed by atoms with Crippen molar-refractivity contribution in [3.8, 4) is 23.1 Å². The number of benzene rings is 2. The summed E-state index contributed by atoms with van der Waals surface area (Å²) in [6.07, 6.45) is 2.89. The zero-order valence-corrected chi connectivity index (χ0v) is 26.0. The lowest BCUT2D eigenvalue weighted by Gasteiger charge is -2.19. The molecule has 0 aliphatic carbocycles. The minimum atomic E-state index is -4.06. The lowest BCUT2D eigenvalue weighted by molar-refractivity contribution is -0.129. The lowest BCUT2D eigenvalue weighted by Crippen LogP contribution is -2.17. The third-order valence-electron chi connectivity index (χ3n) is 5.70. The van der Waals surface area contributed by atoms with Crippen LogP contribution in [0.3, 0.4) is 0 Å². The molecule has 0 fully saturated rings. The van der Waals surface area contributed by atoms with E-state index in [9.17, 15) is 13.2 Å². The third kappa shape index (κ3) is 9.83. The highest BCUT2D eigenvalue weighted by molar-refractivity contribution is 7.92. The fourth-order valence-electron chi connectivity index (χ4n) is 3.43. The van der Waals surface area contributed by atoms with Crippen molar-refractivity contribution < 1.29 is 32.2 Å². The van der Waals surface area contributed by atoms with Crippen molar-refractivity contribution in [3.63, 3.8) is 0 Å². The van der Waals surface area contributed by atoms with Crippen molar-refractivity contribution in [1.82, 2.24) is 15.0 Å². The van der Waals surface area contributed by atoms with Crippen LogP contribution in [0.25, 0.3) is 0 Å². The van der Waals surface area contributed by atoms with E-state index in [2.05, 4.69) is 24.4 Å². The van der Waals surface area contributed by atoms with Crippen LogP contribution in [0.2, 0.25) is 5.02 Å². The molecule has 2 aromatic carbocycles. The van der Waals surface area contributed by atoms with Crippen LogP contribution in [0.5, 0.6) is 23.1 Å². The van der Waals surface area contributed by atoms with Gasteiger partial charge in [-0.1, -0.05) is 50.6 Å². The molecule has 0 saturated heterocycles. The summed E-state index contributed by atoms with van der Waals surface area (Å²) in [4.78, 5) is 22.5. The van der Waals surface area contributed by atoms with Gasteiger partial charge in [0, 0.05) is 18.0 Å². The van der Waals surface area contributed by atoms with E-state index in [1.54, 1.807) is 30.5 Å². The molecule has 4 rings (SSSR count). The Balaban J connectivity index is 0.000000633. The average molecular weight is 629 g/mol. The molecular weight excluding hydrogens is 596 g/mol. The molecule has 2 heterocycles. The number of methoxy groups -OCH3 is 1. The Hall–Kier alpha value is -4.42. The van der Waals surface area contributed by atoms with Crippen molar-refractivity contribution in [3.05, 3.63) is 89.5 Å². The molecule has 0 bridgehead atoms. The zero-order chi connectivity index (χ0) is 31.5. The van der Waals surface area contributed by atoms with E-state index < -0.39 is 10.0 Å². The minimum absolute atomic E-state index is 0.0290. The van der Waals surface area contributed by atoms with Gasteiger partial charge >= 0.3 is 0 Å². The van der Waals surface area contributed by atoms with E-state index in [4.69, 9.17) is 25.8 Å². The van der Waals surface area contributed by atoms with E-state index in [1.165, 1.54) is 25.3 Å². The Morgan fingerprint density at radius 1 is 0.977 bits per heavy atom. The van der Waals surface area contributed by atoms with Crippen LogP contribution in [0, 0.1) is 6.92 Å². The van der Waals surface area contributed by atoms with Crippen molar-refractivity contribution in [2.75, 3.05) is 25.0 Å². The van der Waals surface area contributed by atoms with Crippen LogP contribution in [0.4, 0.5) is 5.82 Å². The molecule has 228 valence electrons. The van der Waals surface area contributed by atoms with Crippen LogP contribution in [-0.2, 0) is 25.0 Å². The average Bonchev–Trinajstić information content (AvgIpc) is 2.98. The molecule has 13 heteroatoms. The molecule has 4 aromatic rings. The highest BCUT2D eigenvalue weighted by Crippen LogP contribution is 2.40. The van der Waals surface area contributed by atoms with Gasteiger partial charge in [0.1, 0.15) is 31.0 Å². The van der Waals surface area contributed by atoms with Crippen molar-refractivity contribution in [2.45, 2.75) is 38.0 Å². The maximum atomic E-state index is 13.2. The van der Waals surface area contributed by atoms with Crippen LogP contribution in [-0.4, -0.2) is 50.2 Å². The Labute approximate surface area is 256 Å². The summed E-state index contributed by atoms with van der Waals surface area (Å²) in [6.45, 7) is 8.22. The van der Waals surface area contributed by atoms with Crippen LogP contribution >= 0.6 is 11.6 Å². The first-order chi connectivity index (χ1) is 20.4. The van der Waals surface area contributed by atoms with Gasteiger partial charge in [-0.15, -0.1) is 0 Å². The van der Waals surface area contributed by atoms with Gasteiger partial charge in [-0.2, -0.15) is 4.98 Å². The smallest absolute Gasteiger partial charge is 0.293 e. The van der Waals surface area contributed by atoms with Gasteiger partial charge in [-0.05, 0) is 54.3 Å². The molecule has 11 nitrogen and oxygen atoms in total. The maximum absolute atomic E-state index is 13.2. The first-order valence-corrected chi connectivity index (χ1v) is 14.9. The van der Waals surface area contributed by atoms with Gasteiger partial charge in [-0.3, -0.25) is 14.5 Å². The molecule has 43 heavy (non-hydrogen) atoms. The largest absolute Gasteiger partial charge is 0.497 e. The molecular formula is C30H33ClN4O7S. The molecule has 0 saturated carbocycles. The fraction of sp³-hybridized carbons (Fsp3) is 0.267. The SMILES string of the molecule is COc1ccc(Cl)c(Oc2c(NS(=O)(=O)c3ccc(C(C)(C)C)cc3)ncnc2OCCOC=O)c1.Cc1ccccn1. The molecule has 2 aromatic heterocycles. The Morgan fingerprint density at radius 2 is 1.72 bits per heavy atom. The molecule has 0 amide bonds. The first kappa shape index (κ1) is 33.1. The fourth-order valence-corrected chi connectivity index (χ4v) is 4.60. The predicted octanol–water partition coefficient (Wildman–Crippen LogP) is 5.97. The number of nitrogens with one attached hydrogen (secondary N) is 1. The Kier molecular flexibility index (Phi) is 11.7. The number of sulfonamides is 1. The summed E-state index contributed by atoms with van der Waals surface area (Å²) in [5.41, 5.74) is 1.91. The van der Waals surface area contributed by atoms with Crippen molar-refractivity contribution in [1.29, 1.82) is 0 Å². The summed E-state index contributed by atoms with van der Waals surface area (Å²) in [5, 5.41) is 0.224. The number of rotatable bonds is 11. The Bertz CT molecular complexity index is 1600. The van der Waals surface area contributed by atoms with Gasteiger partial charge < -0.3 is 18.9 Å². The number of carbonyl (C=O) groups excluding carboxylic acids is 1. The number of halogens is 1. The number of aryl methyl sites for hydroxylation is 1. The summed E-state index contributed by atoms with van der Waals surface area (Å²) >= 11 is 6.27. The second kappa shape index (κ2) is 15.2. The van der Waals surface area contributed by atoms with Crippen LogP contribution < -0.4 is 18.9 Å². The molecule has 0 radical (unpaired) electrons. The summed E-state index contributed by atoms with van der Waals surface area (Å²) in [6, 6.07) is 17.1. The van der Waals surface area contributed by atoms with Gasteiger partial charge in [0.15, 0.2) is 5.82 Å². The number of hydrogen-bond donors (Lipinski definition) is 1. The topological polar surface area (TPSA) is 139 Å². The van der Waals surface area contributed by atoms with E-state index >= 15 is 0 Å². The third-order valence-corrected chi connectivity index (χ3v) is 7.37.